The van der Waals surface area contributed by atoms with E-state index in [1.165, 1.54) is 116 Å². The van der Waals surface area contributed by atoms with E-state index in [1.54, 1.807) is 0 Å². The lowest BCUT2D eigenvalue weighted by Gasteiger charge is -2.36. The summed E-state index contributed by atoms with van der Waals surface area (Å²) in [6, 6.07) is 17.7. The predicted molar refractivity (Wildman–Crippen MR) is 172 cm³/mol. The molecule has 0 amide bonds. The normalized spacial score (nSPS) is 12.1. The number of quaternary nitrogens is 1. The highest BCUT2D eigenvalue weighted by molar-refractivity contribution is 6.10. The van der Waals surface area contributed by atoms with Gasteiger partial charge < -0.3 is 28.8 Å². The Balaban J connectivity index is 0.00000840. The van der Waals surface area contributed by atoms with E-state index in [-0.39, 0.29) is 29.8 Å². The smallest absolute Gasteiger partial charge is 0.201 e. The van der Waals surface area contributed by atoms with Gasteiger partial charge >= 0.3 is 0 Å². The van der Waals surface area contributed by atoms with Crippen molar-refractivity contribution in [2.75, 3.05) is 14.1 Å². The molecular formula is C37H60INO2. The molecule has 41 heavy (non-hydrogen) atoms. The monoisotopic (exact) mass is 677 g/mol. The molecule has 0 aromatic heterocycles. The minimum atomic E-state index is 0. The van der Waals surface area contributed by atoms with Gasteiger partial charge in [0.05, 0.1) is 5.56 Å². The standard InChI is InChI=1S/C37H60NO2.HI/c1-5-7-9-10-11-12-13-14-15-16-17-18-19-20-24-30-34(29-8-6-2)38(3,4)40-36-32-26-25-31-35(36)37(39)33-27-22-21-23-28-33;/h21-23,25-28,31-32,34H,5-20,24,29-30H2,1-4H3;1H/q+1;/p-1. The van der Waals surface area contributed by atoms with Crippen LogP contribution in [-0.4, -0.2) is 30.6 Å². The third kappa shape index (κ3) is 15.6. The summed E-state index contributed by atoms with van der Waals surface area (Å²) < 4.78 is 0.456. The molecular weight excluding hydrogens is 617 g/mol. The van der Waals surface area contributed by atoms with Gasteiger partial charge in [0.15, 0.2) is 5.78 Å². The van der Waals surface area contributed by atoms with E-state index >= 15 is 0 Å². The number of ketones is 1. The lowest BCUT2D eigenvalue weighted by atomic mass is 10.00. The van der Waals surface area contributed by atoms with E-state index in [4.69, 9.17) is 4.84 Å². The molecule has 0 heterocycles. The molecule has 0 aliphatic heterocycles. The fourth-order valence-electron chi connectivity index (χ4n) is 5.76. The fourth-order valence-corrected chi connectivity index (χ4v) is 5.76. The fraction of sp³-hybridized carbons (Fsp3) is 0.649. The molecule has 2 rings (SSSR count). The van der Waals surface area contributed by atoms with Crippen molar-refractivity contribution < 1.29 is 38.3 Å². The summed E-state index contributed by atoms with van der Waals surface area (Å²) in [5.41, 5.74) is 1.34. The second kappa shape index (κ2) is 23.1. The number of carbonyl (C=O) groups is 1. The Hall–Kier alpha value is -1.40. The number of para-hydroxylation sites is 1. The van der Waals surface area contributed by atoms with Gasteiger partial charge in [0.25, 0.3) is 0 Å². The van der Waals surface area contributed by atoms with E-state index in [1.807, 2.05) is 54.6 Å². The van der Waals surface area contributed by atoms with Gasteiger partial charge in [0, 0.05) is 18.4 Å². The van der Waals surface area contributed by atoms with Crippen molar-refractivity contribution in [3.8, 4) is 5.75 Å². The van der Waals surface area contributed by atoms with Crippen LogP contribution in [0, 0.1) is 0 Å². The van der Waals surface area contributed by atoms with E-state index in [9.17, 15) is 4.79 Å². The highest BCUT2D eigenvalue weighted by Crippen LogP contribution is 2.28. The first kappa shape index (κ1) is 37.6. The molecule has 1 atom stereocenters. The summed E-state index contributed by atoms with van der Waals surface area (Å²) >= 11 is 0. The third-order valence-electron chi connectivity index (χ3n) is 8.41. The highest BCUT2D eigenvalue weighted by Gasteiger charge is 2.32. The van der Waals surface area contributed by atoms with Crippen molar-refractivity contribution in [2.24, 2.45) is 0 Å². The third-order valence-corrected chi connectivity index (χ3v) is 8.41. The number of rotatable bonds is 24. The van der Waals surface area contributed by atoms with E-state index in [0.29, 0.717) is 27.6 Å². The molecule has 1 unspecified atom stereocenters. The summed E-state index contributed by atoms with van der Waals surface area (Å²) in [6.45, 7) is 4.55. The van der Waals surface area contributed by atoms with Crippen molar-refractivity contribution in [1.82, 2.24) is 0 Å². The van der Waals surface area contributed by atoms with E-state index in [0.717, 1.165) is 6.42 Å². The van der Waals surface area contributed by atoms with Gasteiger partial charge in [-0.1, -0.05) is 153 Å². The molecule has 0 bridgehead atoms. The molecule has 0 aliphatic rings. The molecule has 0 radical (unpaired) electrons. The van der Waals surface area contributed by atoms with Crippen molar-refractivity contribution in [3.05, 3.63) is 65.7 Å². The van der Waals surface area contributed by atoms with Crippen LogP contribution in [0.5, 0.6) is 5.75 Å². The van der Waals surface area contributed by atoms with Gasteiger partial charge in [0.2, 0.25) is 5.75 Å². The first-order chi connectivity index (χ1) is 19.5. The maximum Gasteiger partial charge on any atom is 0.201 e. The number of carbonyl (C=O) groups excluding carboxylic acids is 1. The maximum atomic E-state index is 13.2. The molecule has 2 aromatic rings. The second-order valence-corrected chi connectivity index (χ2v) is 12.3. The number of unbranched alkanes of at least 4 members (excludes halogenated alkanes) is 15. The number of nitrogens with zero attached hydrogens (tertiary/aromatic N) is 1. The van der Waals surface area contributed by atoms with Crippen LogP contribution < -0.4 is 28.8 Å². The van der Waals surface area contributed by atoms with E-state index < -0.39 is 0 Å². The molecule has 232 valence electrons. The summed E-state index contributed by atoms with van der Waals surface area (Å²) in [7, 11) is 4.32. The number of hydroxylamine groups is 3. The van der Waals surface area contributed by atoms with Gasteiger partial charge in [-0.15, -0.1) is 4.65 Å². The largest absolute Gasteiger partial charge is 1.00 e. The molecule has 0 aliphatic carbocycles. The quantitative estimate of drug-likeness (QED) is 0.0369. The Kier molecular flexibility index (Phi) is 21.2. The van der Waals surface area contributed by atoms with Gasteiger partial charge in [-0.2, -0.15) is 0 Å². The zero-order valence-electron chi connectivity index (χ0n) is 26.9. The first-order valence-electron chi connectivity index (χ1n) is 16.7. The topological polar surface area (TPSA) is 26.3 Å². The first-order valence-corrected chi connectivity index (χ1v) is 16.7. The van der Waals surface area contributed by atoms with Crippen molar-refractivity contribution in [1.29, 1.82) is 0 Å². The summed E-state index contributed by atoms with van der Waals surface area (Å²) in [5, 5.41) is 0. The molecule has 0 fully saturated rings. The maximum absolute atomic E-state index is 13.2. The van der Waals surface area contributed by atoms with Crippen LogP contribution in [0.1, 0.15) is 152 Å². The SMILES string of the molecule is CCCCCCCCCCCCCCCCCC(CCCC)[N+](C)(C)Oc1ccccc1C(=O)c1ccccc1.[I-]. The molecule has 0 N–H and O–H groups in total. The lowest BCUT2D eigenvalue weighted by Crippen LogP contribution is -3.00. The second-order valence-electron chi connectivity index (χ2n) is 12.3. The Morgan fingerprint density at radius 2 is 1.05 bits per heavy atom. The minimum absolute atomic E-state index is 0. The van der Waals surface area contributed by atoms with Gasteiger partial charge in [-0.05, 0) is 25.0 Å². The van der Waals surface area contributed by atoms with Crippen LogP contribution in [0.4, 0.5) is 0 Å². The van der Waals surface area contributed by atoms with Gasteiger partial charge in [-0.25, -0.2) is 0 Å². The Morgan fingerprint density at radius 3 is 1.59 bits per heavy atom. The van der Waals surface area contributed by atoms with Crippen molar-refractivity contribution in [2.45, 2.75) is 142 Å². The van der Waals surface area contributed by atoms with Crippen LogP contribution in [0.15, 0.2) is 54.6 Å². The van der Waals surface area contributed by atoms with Crippen LogP contribution in [-0.2, 0) is 0 Å². The molecule has 3 nitrogen and oxygen atoms in total. The number of hydrogen-bond donors (Lipinski definition) is 0. The lowest BCUT2D eigenvalue weighted by molar-refractivity contribution is -1.07. The van der Waals surface area contributed by atoms with Gasteiger partial charge in [-0.3, -0.25) is 4.79 Å². The molecule has 0 saturated carbocycles. The average Bonchev–Trinajstić information content (AvgIpc) is 2.96. The van der Waals surface area contributed by atoms with Crippen LogP contribution in [0.25, 0.3) is 0 Å². The minimum Gasteiger partial charge on any atom is -1.00 e. The average molecular weight is 678 g/mol. The Labute approximate surface area is 270 Å². The Morgan fingerprint density at radius 1 is 0.610 bits per heavy atom. The summed E-state index contributed by atoms with van der Waals surface area (Å²) in [5.74, 6) is 0.697. The van der Waals surface area contributed by atoms with Gasteiger partial charge in [0.1, 0.15) is 20.1 Å². The van der Waals surface area contributed by atoms with Crippen molar-refractivity contribution >= 4 is 5.78 Å². The molecule has 0 spiro atoms. The van der Waals surface area contributed by atoms with Crippen LogP contribution in [0.2, 0.25) is 0 Å². The molecule has 4 heteroatoms. The number of hydrogen-bond acceptors (Lipinski definition) is 2. The summed E-state index contributed by atoms with van der Waals surface area (Å²) in [6.07, 6.45) is 25.6. The van der Waals surface area contributed by atoms with Crippen LogP contribution in [0.3, 0.4) is 0 Å². The highest BCUT2D eigenvalue weighted by atomic mass is 127. The van der Waals surface area contributed by atoms with Crippen molar-refractivity contribution in [3.63, 3.8) is 0 Å². The zero-order chi connectivity index (χ0) is 28.9. The Bertz CT molecular complexity index is 914. The number of benzene rings is 2. The molecule has 0 saturated heterocycles. The summed E-state index contributed by atoms with van der Waals surface area (Å²) in [4.78, 5) is 19.9. The number of halogens is 1. The zero-order valence-corrected chi connectivity index (χ0v) is 29.0. The van der Waals surface area contributed by atoms with E-state index in [2.05, 4.69) is 27.9 Å². The predicted octanol–water partition coefficient (Wildman–Crippen LogP) is 8.11. The molecule has 2 aromatic carbocycles. The van der Waals surface area contributed by atoms with Crippen LogP contribution >= 0.6 is 0 Å².